The Morgan fingerprint density at radius 3 is 1.03 bits per heavy atom. The Morgan fingerprint density at radius 2 is 0.604 bits per heavy atom. The summed E-state index contributed by atoms with van der Waals surface area (Å²) in [4.78, 5) is 5.41. The van der Waals surface area contributed by atoms with E-state index in [1.165, 1.54) is 82.5 Å². The number of fused-ring (bicyclic) bond motifs is 10. The van der Waals surface area contributed by atoms with Crippen molar-refractivity contribution in [1.29, 1.82) is 0 Å². The summed E-state index contributed by atoms with van der Waals surface area (Å²) in [6.45, 7) is 21.1. The van der Waals surface area contributed by atoms with Gasteiger partial charge in [0.25, 0.3) is 6.71 Å². The van der Waals surface area contributed by atoms with Crippen molar-refractivity contribution >= 4 is 101 Å². The van der Waals surface area contributed by atoms with Gasteiger partial charge in [-0.05, 0) is 149 Å². The molecule has 0 atom stereocenters. The van der Waals surface area contributed by atoms with E-state index in [4.69, 9.17) is 0 Å². The van der Waals surface area contributed by atoms with E-state index < -0.39 is 0 Å². The second-order valence-corrected chi connectivity index (χ2v) is 30.9. The molecule has 16 aromatic rings. The zero-order chi connectivity index (χ0) is 68.6. The molecule has 486 valence electrons. The average Bonchev–Trinajstić information content (AvgIpc) is 1.06. The van der Waals surface area contributed by atoms with Gasteiger partial charge in [-0.3, -0.25) is 0 Å². The number of hydrogen-bond donors (Lipinski definition) is 0. The van der Waals surface area contributed by atoms with E-state index in [0.717, 1.165) is 95.4 Å². The van der Waals surface area contributed by atoms with Crippen molar-refractivity contribution in [3.8, 4) is 67.0 Å². The number of nitrogens with zero attached hydrogens (tertiary/aromatic N) is 4. The number of hydrogen-bond acceptors (Lipinski definition) is 2. The lowest BCUT2D eigenvalue weighted by Gasteiger charge is -2.46. The maximum Gasteiger partial charge on any atom is 0.252 e. The number of rotatable bonds is 9. The molecule has 0 aliphatic carbocycles. The van der Waals surface area contributed by atoms with Crippen LogP contribution in [-0.2, 0) is 16.2 Å². The van der Waals surface area contributed by atoms with Crippen LogP contribution in [0.5, 0.6) is 0 Å². The first-order valence-electron chi connectivity index (χ1n) is 35.8. The molecule has 4 nitrogen and oxygen atoms in total. The molecule has 5 heteroatoms. The van der Waals surface area contributed by atoms with Crippen molar-refractivity contribution in [2.45, 2.75) is 78.6 Å². The smallest absolute Gasteiger partial charge is 0.252 e. The number of aromatic nitrogens is 2. The molecule has 0 radical (unpaired) electrons. The highest BCUT2D eigenvalue weighted by atomic mass is 15.2. The summed E-state index contributed by atoms with van der Waals surface area (Å²) in [7, 11) is 0. The number of benzene rings is 14. The summed E-state index contributed by atoms with van der Waals surface area (Å²) < 4.78 is 5.00. The monoisotopic (exact) mass is 1300 g/mol. The lowest BCUT2D eigenvalue weighted by atomic mass is 9.33. The van der Waals surface area contributed by atoms with E-state index in [1.54, 1.807) is 0 Å². The molecule has 0 fully saturated rings. The van der Waals surface area contributed by atoms with E-state index in [-0.39, 0.29) is 23.0 Å². The third-order valence-electron chi connectivity index (χ3n) is 21.5. The largest absolute Gasteiger partial charge is 0.310 e. The molecule has 0 amide bonds. The van der Waals surface area contributed by atoms with Gasteiger partial charge in [0.05, 0.1) is 33.4 Å². The molecular weight excluding hydrogens is 1220 g/mol. The van der Waals surface area contributed by atoms with Gasteiger partial charge >= 0.3 is 0 Å². The third-order valence-corrected chi connectivity index (χ3v) is 21.5. The summed E-state index contributed by atoms with van der Waals surface area (Å²) in [6, 6.07) is 119. The van der Waals surface area contributed by atoms with Gasteiger partial charge in [0, 0.05) is 77.9 Å². The minimum absolute atomic E-state index is 0.0849. The van der Waals surface area contributed by atoms with Gasteiger partial charge in [0.1, 0.15) is 0 Å². The second-order valence-electron chi connectivity index (χ2n) is 30.9. The minimum atomic E-state index is -0.306. The summed E-state index contributed by atoms with van der Waals surface area (Å²) in [5.41, 5.74) is 32.6. The van der Waals surface area contributed by atoms with Crippen LogP contribution in [0, 0.1) is 0 Å². The Kier molecular flexibility index (Phi) is 14.3. The maximum absolute atomic E-state index is 2.71. The van der Waals surface area contributed by atoms with Gasteiger partial charge in [0.2, 0.25) is 0 Å². The Balaban J connectivity index is 0.993. The lowest BCUT2D eigenvalue weighted by molar-refractivity contribution is 0.569. The highest BCUT2D eigenvalue weighted by Crippen LogP contribution is 2.55. The average molecular weight is 1300 g/mol. The predicted molar refractivity (Wildman–Crippen MR) is 432 cm³/mol. The quantitative estimate of drug-likeness (QED) is 0.134. The van der Waals surface area contributed by atoms with Crippen molar-refractivity contribution < 1.29 is 0 Å². The predicted octanol–water partition coefficient (Wildman–Crippen LogP) is 24.2. The molecule has 4 heterocycles. The summed E-state index contributed by atoms with van der Waals surface area (Å²) >= 11 is 0. The van der Waals surface area contributed by atoms with Gasteiger partial charge in [-0.1, -0.05) is 311 Å². The van der Waals surface area contributed by atoms with E-state index in [9.17, 15) is 0 Å². The van der Waals surface area contributed by atoms with Crippen molar-refractivity contribution in [2.24, 2.45) is 0 Å². The van der Waals surface area contributed by atoms with Gasteiger partial charge in [-0.2, -0.15) is 0 Å². The Labute approximate surface area is 593 Å². The van der Waals surface area contributed by atoms with Crippen LogP contribution in [0.4, 0.5) is 34.1 Å². The molecule has 101 heavy (non-hydrogen) atoms. The first-order chi connectivity index (χ1) is 49.0. The number of para-hydroxylation sites is 5. The Hall–Kier alpha value is -11.7. The normalized spacial score (nSPS) is 12.9. The fourth-order valence-corrected chi connectivity index (χ4v) is 16.4. The summed E-state index contributed by atoms with van der Waals surface area (Å²) in [5, 5.41) is 4.85. The van der Waals surface area contributed by atoms with Gasteiger partial charge in [0.15, 0.2) is 0 Å². The SMILES string of the molecule is CC(C)(C)c1cc(-c2ccc3c(c2)N(c2c(-c4ccccc4)cccc2-c2ccccc2)c2cc(C(C)(C)C)cc4c2B3c2ccc(-n3c5ccccc5c5cc6c(cc53)c3ccccc3n6-c3ccccc3)cc2N4c2c(-c3ccccc3)cccc2-c2ccccc2)cc(C(C)(C)C)c1. The highest BCUT2D eigenvalue weighted by Gasteiger charge is 2.46. The molecule has 0 saturated carbocycles. The van der Waals surface area contributed by atoms with Crippen molar-refractivity contribution in [1.82, 2.24) is 9.13 Å². The Bertz CT molecular complexity index is 5800. The minimum Gasteiger partial charge on any atom is -0.310 e. The first-order valence-corrected chi connectivity index (χ1v) is 35.8. The van der Waals surface area contributed by atoms with Crippen molar-refractivity contribution in [2.75, 3.05) is 9.80 Å². The molecule has 0 N–H and O–H groups in total. The van der Waals surface area contributed by atoms with Gasteiger partial charge < -0.3 is 18.9 Å². The molecule has 0 saturated heterocycles. The molecule has 0 spiro atoms. The topological polar surface area (TPSA) is 16.3 Å². The van der Waals surface area contributed by atoms with Gasteiger partial charge in [-0.25, -0.2) is 0 Å². The van der Waals surface area contributed by atoms with Gasteiger partial charge in [-0.15, -0.1) is 0 Å². The molecule has 18 rings (SSSR count). The van der Waals surface area contributed by atoms with Crippen LogP contribution in [0.3, 0.4) is 0 Å². The Morgan fingerprint density at radius 1 is 0.238 bits per heavy atom. The van der Waals surface area contributed by atoms with E-state index in [2.05, 4.69) is 397 Å². The third kappa shape index (κ3) is 10.2. The van der Waals surface area contributed by atoms with Crippen LogP contribution in [0.2, 0.25) is 0 Å². The molecule has 0 unspecified atom stereocenters. The van der Waals surface area contributed by atoms with E-state index >= 15 is 0 Å². The molecule has 2 aromatic heterocycles. The lowest BCUT2D eigenvalue weighted by Crippen LogP contribution is -2.61. The zero-order valence-corrected chi connectivity index (χ0v) is 58.9. The summed E-state index contributed by atoms with van der Waals surface area (Å²) in [5.74, 6) is 0. The summed E-state index contributed by atoms with van der Waals surface area (Å²) in [6.07, 6.45) is 0. The van der Waals surface area contributed by atoms with Crippen LogP contribution < -0.4 is 26.2 Å². The zero-order valence-electron chi connectivity index (χ0n) is 58.9. The molecule has 2 aliphatic rings. The highest BCUT2D eigenvalue weighted by molar-refractivity contribution is 7.00. The fourth-order valence-electron chi connectivity index (χ4n) is 16.4. The van der Waals surface area contributed by atoms with Crippen LogP contribution in [0.1, 0.15) is 79.0 Å². The van der Waals surface area contributed by atoms with Crippen LogP contribution in [0.25, 0.3) is 111 Å². The van der Waals surface area contributed by atoms with Crippen LogP contribution in [-0.4, -0.2) is 15.8 Å². The van der Waals surface area contributed by atoms with Crippen LogP contribution >= 0.6 is 0 Å². The van der Waals surface area contributed by atoms with E-state index in [1.807, 2.05) is 0 Å². The maximum atomic E-state index is 2.71. The fraction of sp³-hybridized carbons (Fsp3) is 0.125. The molecule has 14 aromatic carbocycles. The number of anilines is 6. The van der Waals surface area contributed by atoms with Crippen LogP contribution in [0.15, 0.2) is 315 Å². The molecular formula is C96H79BN4. The first kappa shape index (κ1) is 61.7. The molecule has 0 bridgehead atoms. The van der Waals surface area contributed by atoms with Crippen molar-refractivity contribution in [3.05, 3.63) is 332 Å². The van der Waals surface area contributed by atoms with E-state index in [0.29, 0.717) is 0 Å². The van der Waals surface area contributed by atoms with Crippen molar-refractivity contribution in [3.63, 3.8) is 0 Å². The molecule has 2 aliphatic heterocycles. The second kappa shape index (κ2) is 23.5. The standard InChI is InChI=1S/C96H79BN4/c1-94(2,3)68-53-67(54-69(56-68)95(4,5)6)66-49-51-81-87(55-66)100(92-73(62-31-15-10-16-32-62)43-29-44-74(92)63-33-17-11-18-34-63)89-57-70(96(7,8)9)58-90-91(89)97(81)82-52-50-72(59-88(82)101(90)93-75(64-35-19-12-20-36-64)45-30-46-76(93)65-37-21-13-22-38-65)99-84-48-28-26-42-78(84)80-60-85-79(61-86(80)99)77-41-25-27-47-83(77)98(85)71-39-23-14-24-40-71/h10-61H,1-9H3.